The minimum atomic E-state index is -0.757. The molecular formula is C19H30O2. The Kier molecular flexibility index (Phi) is 3.01. The summed E-state index contributed by atoms with van der Waals surface area (Å²) < 4.78 is 0. The van der Waals surface area contributed by atoms with Gasteiger partial charge in [0.2, 0.25) is 0 Å². The van der Waals surface area contributed by atoms with Gasteiger partial charge >= 0.3 is 5.97 Å². The van der Waals surface area contributed by atoms with Crippen LogP contribution < -0.4 is 0 Å². The summed E-state index contributed by atoms with van der Waals surface area (Å²) in [6, 6.07) is 0. The van der Waals surface area contributed by atoms with Crippen LogP contribution in [-0.2, 0) is 4.79 Å². The van der Waals surface area contributed by atoms with Gasteiger partial charge in [-0.25, -0.2) is 0 Å². The summed E-state index contributed by atoms with van der Waals surface area (Å²) in [4.78, 5) is 10.0. The van der Waals surface area contributed by atoms with E-state index in [2.05, 4.69) is 0 Å². The molecule has 7 rings (SSSR count). The molecule has 0 amide bonds. The maximum atomic E-state index is 10.0. The molecule has 21 heavy (non-hydrogen) atoms. The number of carboxylic acids is 1. The smallest absolute Gasteiger partial charge is 0.308 e. The van der Waals surface area contributed by atoms with Crippen LogP contribution in [0.3, 0.4) is 0 Å². The van der Waals surface area contributed by atoms with Gasteiger partial charge in [0.1, 0.15) is 0 Å². The second-order valence-electron chi connectivity index (χ2n) is 9.68. The molecule has 0 spiro atoms. The molecule has 7 aliphatic rings. The first-order valence-electron chi connectivity index (χ1n) is 9.08. The van der Waals surface area contributed by atoms with Gasteiger partial charge in [0.15, 0.2) is 0 Å². The molecule has 8 bridgehead atoms. The number of carboxylic acid groups (broad SMARTS) is 1. The molecule has 0 heterocycles. The zero-order valence-electron chi connectivity index (χ0n) is 13.7. The molecule has 0 unspecified atom stereocenters. The molecule has 0 radical (unpaired) electrons. The third-order valence-corrected chi connectivity index (χ3v) is 7.57. The SMILES string of the molecule is C1C2CC3C4CC5CC(C14)C(C2)C3C5.CC(C)(C)C(=O)O. The van der Waals surface area contributed by atoms with Gasteiger partial charge in [0.05, 0.1) is 5.41 Å². The lowest BCUT2D eigenvalue weighted by Crippen LogP contribution is -2.62. The quantitative estimate of drug-likeness (QED) is 0.716. The van der Waals surface area contributed by atoms with E-state index in [0.29, 0.717) is 0 Å². The highest BCUT2D eigenvalue weighted by molar-refractivity contribution is 5.72. The van der Waals surface area contributed by atoms with Crippen molar-refractivity contribution < 1.29 is 9.90 Å². The summed E-state index contributed by atoms with van der Waals surface area (Å²) in [7, 11) is 0. The Hall–Kier alpha value is -0.530. The number of aliphatic carboxylic acids is 1. The fraction of sp³-hybridized carbons (Fsp3) is 0.947. The molecule has 0 aromatic carbocycles. The van der Waals surface area contributed by atoms with Crippen LogP contribution in [0, 0.1) is 52.8 Å². The van der Waals surface area contributed by atoms with Gasteiger partial charge in [0, 0.05) is 0 Å². The second-order valence-corrected chi connectivity index (χ2v) is 9.68. The summed E-state index contributed by atoms with van der Waals surface area (Å²) in [5.74, 6) is 8.98. The maximum absolute atomic E-state index is 10.0. The standard InChI is InChI=1S/C14H20.C5H10O2/c1-7-2-12-10-4-8-5-11(9(1)10)13(3-7)14(12)6-8;1-5(2,3)4(6)7/h7-14H,1-6H2;1-3H3,(H,6,7). The summed E-state index contributed by atoms with van der Waals surface area (Å²) in [6.07, 6.45) is 9.93. The van der Waals surface area contributed by atoms with E-state index < -0.39 is 11.4 Å². The van der Waals surface area contributed by atoms with Crippen LogP contribution in [0.25, 0.3) is 0 Å². The van der Waals surface area contributed by atoms with Gasteiger partial charge in [-0.2, -0.15) is 0 Å². The highest BCUT2D eigenvalue weighted by Gasteiger charge is 2.63. The minimum Gasteiger partial charge on any atom is -0.481 e. The van der Waals surface area contributed by atoms with Crippen molar-refractivity contribution in [2.75, 3.05) is 0 Å². The molecule has 0 saturated heterocycles. The molecule has 0 aromatic heterocycles. The van der Waals surface area contributed by atoms with Crippen LogP contribution >= 0.6 is 0 Å². The van der Waals surface area contributed by atoms with Crippen molar-refractivity contribution in [2.24, 2.45) is 52.8 Å². The average Bonchev–Trinajstić information content (AvgIpc) is 2.43. The summed E-state index contributed by atoms with van der Waals surface area (Å²) in [5, 5.41) is 8.25. The Labute approximate surface area is 128 Å². The number of hydrogen-bond acceptors (Lipinski definition) is 1. The normalized spacial score (nSPS) is 51.8. The van der Waals surface area contributed by atoms with E-state index in [0.717, 1.165) is 0 Å². The summed E-state index contributed by atoms with van der Waals surface area (Å²) in [5.41, 5.74) is -0.583. The lowest BCUT2D eigenvalue weighted by Gasteiger charge is -2.69. The van der Waals surface area contributed by atoms with Gasteiger partial charge in [-0.15, -0.1) is 0 Å². The van der Waals surface area contributed by atoms with Crippen LogP contribution in [0.1, 0.15) is 59.3 Å². The predicted molar refractivity (Wildman–Crippen MR) is 82.7 cm³/mol. The monoisotopic (exact) mass is 290 g/mol. The Morgan fingerprint density at radius 2 is 0.905 bits per heavy atom. The molecule has 0 aliphatic heterocycles. The molecule has 2 nitrogen and oxygen atoms in total. The van der Waals surface area contributed by atoms with Crippen LogP contribution in [0.2, 0.25) is 0 Å². The van der Waals surface area contributed by atoms with Crippen molar-refractivity contribution in [3.05, 3.63) is 0 Å². The molecule has 118 valence electrons. The topological polar surface area (TPSA) is 37.3 Å². The first kappa shape index (κ1) is 14.1. The van der Waals surface area contributed by atoms with Crippen molar-refractivity contribution in [3.8, 4) is 0 Å². The predicted octanol–water partition coefficient (Wildman–Crippen LogP) is 4.44. The van der Waals surface area contributed by atoms with Gasteiger partial charge < -0.3 is 5.11 Å². The zero-order chi connectivity index (χ0) is 14.9. The van der Waals surface area contributed by atoms with Gasteiger partial charge in [-0.05, 0) is 107 Å². The van der Waals surface area contributed by atoms with E-state index in [1.54, 1.807) is 59.3 Å². The molecule has 7 saturated carbocycles. The Balaban J connectivity index is 0.000000144. The van der Waals surface area contributed by atoms with Crippen molar-refractivity contribution in [1.82, 2.24) is 0 Å². The summed E-state index contributed by atoms with van der Waals surface area (Å²) in [6.45, 7) is 4.99. The van der Waals surface area contributed by atoms with Gasteiger partial charge in [0.25, 0.3) is 0 Å². The van der Waals surface area contributed by atoms with E-state index in [4.69, 9.17) is 5.11 Å². The Morgan fingerprint density at radius 3 is 1.05 bits per heavy atom. The molecule has 0 atom stereocenters. The van der Waals surface area contributed by atoms with E-state index in [9.17, 15) is 4.79 Å². The highest BCUT2D eigenvalue weighted by atomic mass is 16.4. The lowest BCUT2D eigenvalue weighted by atomic mass is 9.36. The van der Waals surface area contributed by atoms with Crippen molar-refractivity contribution >= 4 is 5.97 Å². The Morgan fingerprint density at radius 1 is 0.714 bits per heavy atom. The highest BCUT2D eigenvalue weighted by Crippen LogP contribution is 2.71. The maximum Gasteiger partial charge on any atom is 0.308 e. The fourth-order valence-corrected chi connectivity index (χ4v) is 6.89. The number of rotatable bonds is 0. The van der Waals surface area contributed by atoms with E-state index >= 15 is 0 Å². The molecule has 7 aliphatic carbocycles. The molecule has 0 aromatic rings. The molecule has 7 fully saturated rings. The second kappa shape index (κ2) is 4.49. The number of carbonyl (C=O) groups is 1. The van der Waals surface area contributed by atoms with Crippen molar-refractivity contribution in [1.29, 1.82) is 0 Å². The molecule has 2 heteroatoms. The third kappa shape index (κ3) is 2.08. The molecular weight excluding hydrogens is 260 g/mol. The van der Waals surface area contributed by atoms with Crippen molar-refractivity contribution in [2.45, 2.75) is 59.3 Å². The van der Waals surface area contributed by atoms with Crippen LogP contribution in [0.15, 0.2) is 0 Å². The lowest BCUT2D eigenvalue weighted by molar-refractivity contribution is -0.202. The number of hydrogen-bond donors (Lipinski definition) is 1. The van der Waals surface area contributed by atoms with Crippen molar-refractivity contribution in [3.63, 3.8) is 0 Å². The van der Waals surface area contributed by atoms with E-state index in [1.165, 1.54) is 47.3 Å². The third-order valence-electron chi connectivity index (χ3n) is 7.57. The summed E-state index contributed by atoms with van der Waals surface area (Å²) >= 11 is 0. The first-order valence-corrected chi connectivity index (χ1v) is 9.08. The van der Waals surface area contributed by atoms with Gasteiger partial charge in [-0.1, -0.05) is 0 Å². The van der Waals surface area contributed by atoms with E-state index in [-0.39, 0.29) is 0 Å². The largest absolute Gasteiger partial charge is 0.481 e. The fourth-order valence-electron chi connectivity index (χ4n) is 6.89. The minimum absolute atomic E-state index is 0.583. The van der Waals surface area contributed by atoms with E-state index in [1.807, 2.05) is 0 Å². The van der Waals surface area contributed by atoms with Gasteiger partial charge in [-0.3, -0.25) is 4.79 Å². The first-order chi connectivity index (χ1) is 9.84. The Bertz CT molecular complexity index is 359. The molecule has 1 N–H and O–H groups in total. The average molecular weight is 290 g/mol. The zero-order valence-corrected chi connectivity index (χ0v) is 13.7. The van der Waals surface area contributed by atoms with Crippen LogP contribution in [0.4, 0.5) is 0 Å². The van der Waals surface area contributed by atoms with Crippen LogP contribution in [0.5, 0.6) is 0 Å². The van der Waals surface area contributed by atoms with Crippen LogP contribution in [-0.4, -0.2) is 11.1 Å².